The maximum absolute atomic E-state index is 12.7. The highest BCUT2D eigenvalue weighted by Crippen LogP contribution is 2.31. The normalized spacial score (nSPS) is 14.3. The van der Waals surface area contributed by atoms with Gasteiger partial charge in [0, 0.05) is 55.7 Å². The molecule has 0 radical (unpaired) electrons. The van der Waals surface area contributed by atoms with Crippen molar-refractivity contribution in [3.8, 4) is 5.75 Å². The maximum atomic E-state index is 12.7. The van der Waals surface area contributed by atoms with Gasteiger partial charge in [0.15, 0.2) is 0 Å². The number of nitrogens with zero attached hydrogens (tertiary/aromatic N) is 4. The van der Waals surface area contributed by atoms with Gasteiger partial charge in [0.1, 0.15) is 11.4 Å². The van der Waals surface area contributed by atoms with Gasteiger partial charge in [-0.25, -0.2) is 4.98 Å². The highest BCUT2D eigenvalue weighted by atomic mass is 32.2. The fourth-order valence-corrected chi connectivity index (χ4v) is 4.33. The molecule has 1 aromatic heterocycles. The number of carbonyl (C=O) groups is 1. The van der Waals surface area contributed by atoms with Crippen molar-refractivity contribution >= 4 is 29.0 Å². The number of benzene rings is 2. The van der Waals surface area contributed by atoms with E-state index in [4.69, 9.17) is 4.74 Å². The lowest BCUT2D eigenvalue weighted by atomic mass is 10.1. The molecule has 0 aliphatic carbocycles. The van der Waals surface area contributed by atoms with E-state index in [1.54, 1.807) is 18.0 Å². The van der Waals surface area contributed by atoms with Crippen LogP contribution in [0, 0.1) is 0 Å². The summed E-state index contributed by atoms with van der Waals surface area (Å²) in [5.74, 6) is 0.333. The molecular formula is C26H31N5O2S. The van der Waals surface area contributed by atoms with E-state index in [9.17, 15) is 4.79 Å². The Bertz CT molecular complexity index is 1080. The number of anilines is 2. The number of hydrogen-bond acceptors (Lipinski definition) is 7. The lowest BCUT2D eigenvalue weighted by Gasteiger charge is -2.36. The van der Waals surface area contributed by atoms with Crippen LogP contribution in [0.5, 0.6) is 5.75 Å². The first-order chi connectivity index (χ1) is 16.5. The van der Waals surface area contributed by atoms with E-state index in [-0.39, 0.29) is 17.7 Å². The molecule has 178 valence electrons. The quantitative estimate of drug-likeness (QED) is 0.477. The Morgan fingerprint density at radius 3 is 2.50 bits per heavy atom. The summed E-state index contributed by atoms with van der Waals surface area (Å²) in [5.41, 5.74) is 3.31. The van der Waals surface area contributed by atoms with E-state index in [0.717, 1.165) is 38.4 Å². The molecule has 7 nitrogen and oxygen atoms in total. The van der Waals surface area contributed by atoms with Gasteiger partial charge in [0.05, 0.1) is 18.0 Å². The number of nitrogens with one attached hydrogen (secondary N) is 1. The second-order valence-corrected chi connectivity index (χ2v) is 9.38. The molecule has 1 saturated heterocycles. The Kier molecular flexibility index (Phi) is 8.03. The predicted molar refractivity (Wildman–Crippen MR) is 138 cm³/mol. The topological polar surface area (TPSA) is 70.6 Å². The monoisotopic (exact) mass is 477 g/mol. The summed E-state index contributed by atoms with van der Waals surface area (Å²) in [7, 11) is 0. The highest BCUT2D eigenvalue weighted by molar-refractivity contribution is 7.98. The van der Waals surface area contributed by atoms with Crippen molar-refractivity contribution in [2.75, 3.05) is 42.7 Å². The summed E-state index contributed by atoms with van der Waals surface area (Å²) in [4.78, 5) is 26.9. The van der Waals surface area contributed by atoms with Gasteiger partial charge in [0.2, 0.25) is 0 Å². The standard InChI is InChI=1S/C26H31N5O2S/c1-19(2)33-25-9-6-21(16-23(25)29-26(32)24-17-27-10-11-28-24)31-14-12-30(13-15-31)18-20-4-7-22(34-3)8-5-20/h4-11,16-17,19H,12-15,18H2,1-3H3,(H,29,32). The van der Waals surface area contributed by atoms with Gasteiger partial charge < -0.3 is 15.0 Å². The molecule has 1 aliphatic rings. The van der Waals surface area contributed by atoms with E-state index in [1.165, 1.54) is 22.9 Å². The average molecular weight is 478 g/mol. The first-order valence-corrected chi connectivity index (χ1v) is 12.7. The number of aromatic nitrogens is 2. The molecule has 8 heteroatoms. The first kappa shape index (κ1) is 24.0. The Labute approximate surface area is 205 Å². The number of piperazine rings is 1. The lowest BCUT2D eigenvalue weighted by molar-refractivity contribution is 0.102. The molecule has 1 fully saturated rings. The molecule has 0 unspecified atom stereocenters. The fourth-order valence-electron chi connectivity index (χ4n) is 3.93. The van der Waals surface area contributed by atoms with E-state index in [0.29, 0.717) is 11.4 Å². The molecular weight excluding hydrogens is 446 g/mol. The molecule has 1 N–H and O–H groups in total. The van der Waals surface area contributed by atoms with Crippen molar-refractivity contribution in [2.24, 2.45) is 0 Å². The van der Waals surface area contributed by atoms with Gasteiger partial charge in [0.25, 0.3) is 5.91 Å². The van der Waals surface area contributed by atoms with Gasteiger partial charge in [-0.15, -0.1) is 11.8 Å². The second-order valence-electron chi connectivity index (χ2n) is 8.50. The van der Waals surface area contributed by atoms with Crippen molar-refractivity contribution < 1.29 is 9.53 Å². The molecule has 0 bridgehead atoms. The second kappa shape index (κ2) is 11.4. The van der Waals surface area contributed by atoms with Crippen LogP contribution in [-0.2, 0) is 6.54 Å². The van der Waals surface area contributed by atoms with Gasteiger partial charge >= 0.3 is 0 Å². The zero-order valence-electron chi connectivity index (χ0n) is 19.9. The minimum Gasteiger partial charge on any atom is -0.489 e. The number of ether oxygens (including phenoxy) is 1. The molecule has 4 rings (SSSR count). The molecule has 2 aromatic carbocycles. The zero-order valence-corrected chi connectivity index (χ0v) is 20.7. The summed E-state index contributed by atoms with van der Waals surface area (Å²) < 4.78 is 5.95. The van der Waals surface area contributed by atoms with Crippen LogP contribution in [0.25, 0.3) is 0 Å². The van der Waals surface area contributed by atoms with Gasteiger partial charge in [-0.3, -0.25) is 14.7 Å². The average Bonchev–Trinajstić information content (AvgIpc) is 2.86. The van der Waals surface area contributed by atoms with Crippen LogP contribution >= 0.6 is 11.8 Å². The van der Waals surface area contributed by atoms with E-state index < -0.39 is 0 Å². The minimum atomic E-state index is -0.309. The summed E-state index contributed by atoms with van der Waals surface area (Å²) in [6.07, 6.45) is 6.60. The number of rotatable bonds is 8. The van der Waals surface area contributed by atoms with Crippen molar-refractivity contribution in [1.29, 1.82) is 0 Å². The number of carbonyl (C=O) groups excluding carboxylic acids is 1. The molecule has 0 spiro atoms. The van der Waals surface area contributed by atoms with E-state index in [1.807, 2.05) is 26.0 Å². The van der Waals surface area contributed by atoms with Gasteiger partial charge in [-0.1, -0.05) is 12.1 Å². The molecule has 1 aliphatic heterocycles. The van der Waals surface area contributed by atoms with Crippen molar-refractivity contribution in [2.45, 2.75) is 31.4 Å². The highest BCUT2D eigenvalue weighted by Gasteiger charge is 2.20. The van der Waals surface area contributed by atoms with Crippen molar-refractivity contribution in [1.82, 2.24) is 14.9 Å². The van der Waals surface area contributed by atoms with Crippen molar-refractivity contribution in [3.05, 3.63) is 72.3 Å². The number of thioether (sulfide) groups is 1. The third-order valence-corrected chi connectivity index (χ3v) is 6.42. The zero-order chi connectivity index (χ0) is 23.9. The van der Waals surface area contributed by atoms with Crippen LogP contribution in [0.3, 0.4) is 0 Å². The molecule has 34 heavy (non-hydrogen) atoms. The Hall–Kier alpha value is -3.10. The summed E-state index contributed by atoms with van der Waals surface area (Å²) in [6, 6.07) is 14.8. The van der Waals surface area contributed by atoms with E-state index in [2.05, 4.69) is 61.7 Å². The van der Waals surface area contributed by atoms with Crippen molar-refractivity contribution in [3.63, 3.8) is 0 Å². The molecule has 0 saturated carbocycles. The number of hydrogen-bond donors (Lipinski definition) is 1. The van der Waals surface area contributed by atoms with Gasteiger partial charge in [-0.2, -0.15) is 0 Å². The Balaban J connectivity index is 1.43. The molecule has 2 heterocycles. The fraction of sp³-hybridized carbons (Fsp3) is 0.346. The molecule has 1 amide bonds. The Morgan fingerprint density at radius 1 is 1.09 bits per heavy atom. The van der Waals surface area contributed by atoms with Crippen LogP contribution in [-0.4, -0.2) is 59.3 Å². The largest absolute Gasteiger partial charge is 0.489 e. The third kappa shape index (κ3) is 6.27. The van der Waals surface area contributed by atoms with E-state index >= 15 is 0 Å². The Morgan fingerprint density at radius 2 is 1.85 bits per heavy atom. The first-order valence-electron chi connectivity index (χ1n) is 11.5. The van der Waals surface area contributed by atoms with Crippen LogP contribution in [0.4, 0.5) is 11.4 Å². The smallest absolute Gasteiger partial charge is 0.275 e. The summed E-state index contributed by atoms with van der Waals surface area (Å²) in [6.45, 7) is 8.70. The molecule has 0 atom stereocenters. The summed E-state index contributed by atoms with van der Waals surface area (Å²) >= 11 is 1.77. The number of amides is 1. The third-order valence-electron chi connectivity index (χ3n) is 5.67. The van der Waals surface area contributed by atoms with Crippen LogP contribution in [0.2, 0.25) is 0 Å². The van der Waals surface area contributed by atoms with Crippen LogP contribution in [0.15, 0.2) is 66.0 Å². The molecule has 3 aromatic rings. The van der Waals surface area contributed by atoms with Crippen LogP contribution < -0.4 is 15.0 Å². The minimum absolute atomic E-state index is 0.00782. The SMILES string of the molecule is CSc1ccc(CN2CCN(c3ccc(OC(C)C)c(NC(=O)c4cnccn4)c3)CC2)cc1. The predicted octanol–water partition coefficient (Wildman–Crippen LogP) is 4.56. The maximum Gasteiger partial charge on any atom is 0.275 e. The lowest BCUT2D eigenvalue weighted by Crippen LogP contribution is -2.46. The van der Waals surface area contributed by atoms with Crippen LogP contribution in [0.1, 0.15) is 29.9 Å². The van der Waals surface area contributed by atoms with Gasteiger partial charge in [-0.05, 0) is 56.0 Å². The summed E-state index contributed by atoms with van der Waals surface area (Å²) in [5, 5.41) is 2.96.